The molecular formula is C20H19ClN4O3. The number of nitrogens with zero attached hydrogens (tertiary/aromatic N) is 2. The van der Waals surface area contributed by atoms with Crippen LogP contribution in [0.2, 0.25) is 5.02 Å². The van der Waals surface area contributed by atoms with Crippen LogP contribution >= 0.6 is 11.6 Å². The van der Waals surface area contributed by atoms with Crippen molar-refractivity contribution in [3.8, 4) is 11.5 Å². The Hall–Kier alpha value is -3.32. The van der Waals surface area contributed by atoms with Crippen LogP contribution in [0.15, 0.2) is 54.9 Å². The van der Waals surface area contributed by atoms with Gasteiger partial charge in [-0.3, -0.25) is 4.79 Å². The largest absolute Gasteiger partial charge is 0.493 e. The van der Waals surface area contributed by atoms with Gasteiger partial charge in [0, 0.05) is 17.3 Å². The standard InChI is InChI=1S/C20H19ClN4O3/c1-27-17-8-3-13(9-18(17)28-2)10-24-20(26)16-11-23-19(12-22-16)25-15-6-4-14(21)5-7-15/h3-9,11-12H,10H2,1-2H3,(H,23,25)(H,24,26). The van der Waals surface area contributed by atoms with Crippen LogP contribution in [-0.4, -0.2) is 30.1 Å². The van der Waals surface area contributed by atoms with Gasteiger partial charge in [-0.2, -0.15) is 0 Å². The van der Waals surface area contributed by atoms with Crippen molar-refractivity contribution in [3.63, 3.8) is 0 Å². The molecule has 3 rings (SSSR count). The van der Waals surface area contributed by atoms with Gasteiger partial charge in [-0.15, -0.1) is 0 Å². The summed E-state index contributed by atoms with van der Waals surface area (Å²) in [5.74, 6) is 1.44. The van der Waals surface area contributed by atoms with E-state index >= 15 is 0 Å². The lowest BCUT2D eigenvalue weighted by molar-refractivity contribution is 0.0945. The molecule has 2 aromatic carbocycles. The van der Waals surface area contributed by atoms with Gasteiger partial charge >= 0.3 is 0 Å². The predicted molar refractivity (Wildman–Crippen MR) is 107 cm³/mol. The van der Waals surface area contributed by atoms with E-state index in [0.29, 0.717) is 28.9 Å². The van der Waals surface area contributed by atoms with Gasteiger partial charge in [0.2, 0.25) is 0 Å². The summed E-state index contributed by atoms with van der Waals surface area (Å²) in [6, 6.07) is 12.6. The van der Waals surface area contributed by atoms with Gasteiger partial charge in [0.1, 0.15) is 11.5 Å². The van der Waals surface area contributed by atoms with Crippen LogP contribution in [0.3, 0.4) is 0 Å². The van der Waals surface area contributed by atoms with E-state index in [1.807, 2.05) is 24.3 Å². The van der Waals surface area contributed by atoms with Crippen molar-refractivity contribution in [3.05, 3.63) is 71.1 Å². The van der Waals surface area contributed by atoms with Gasteiger partial charge in [-0.05, 0) is 42.0 Å². The molecule has 0 spiro atoms. The normalized spacial score (nSPS) is 10.2. The fourth-order valence-electron chi connectivity index (χ4n) is 2.45. The lowest BCUT2D eigenvalue weighted by atomic mass is 10.2. The first-order valence-corrected chi connectivity index (χ1v) is 8.80. The molecule has 0 radical (unpaired) electrons. The smallest absolute Gasteiger partial charge is 0.271 e. The molecule has 3 aromatic rings. The number of carbonyl (C=O) groups excluding carboxylic acids is 1. The summed E-state index contributed by atoms with van der Waals surface area (Å²) >= 11 is 5.86. The SMILES string of the molecule is COc1ccc(CNC(=O)c2cnc(Nc3ccc(Cl)cc3)cn2)cc1OC. The molecule has 0 unspecified atom stereocenters. The van der Waals surface area contributed by atoms with Crippen molar-refractivity contribution < 1.29 is 14.3 Å². The molecule has 144 valence electrons. The number of anilines is 2. The Morgan fingerprint density at radius 2 is 1.75 bits per heavy atom. The molecule has 0 saturated carbocycles. The number of aromatic nitrogens is 2. The number of hydrogen-bond acceptors (Lipinski definition) is 6. The van der Waals surface area contributed by atoms with Crippen LogP contribution in [-0.2, 0) is 6.54 Å². The first-order chi connectivity index (χ1) is 13.6. The molecule has 0 atom stereocenters. The summed E-state index contributed by atoms with van der Waals surface area (Å²) in [6.45, 7) is 0.325. The molecule has 7 nitrogen and oxygen atoms in total. The summed E-state index contributed by atoms with van der Waals surface area (Å²) in [5.41, 5.74) is 1.92. The van der Waals surface area contributed by atoms with Crippen molar-refractivity contribution >= 4 is 29.0 Å². The van der Waals surface area contributed by atoms with Gasteiger partial charge in [-0.1, -0.05) is 17.7 Å². The van der Waals surface area contributed by atoms with Gasteiger partial charge in [0.05, 0.1) is 26.6 Å². The highest BCUT2D eigenvalue weighted by atomic mass is 35.5. The second-order valence-electron chi connectivity index (χ2n) is 5.79. The molecule has 8 heteroatoms. The number of ether oxygens (including phenoxy) is 2. The highest BCUT2D eigenvalue weighted by Crippen LogP contribution is 2.27. The monoisotopic (exact) mass is 398 g/mol. The molecule has 1 aromatic heterocycles. The van der Waals surface area contributed by atoms with Crippen molar-refractivity contribution in [2.75, 3.05) is 19.5 Å². The maximum atomic E-state index is 12.3. The number of carbonyl (C=O) groups is 1. The summed E-state index contributed by atoms with van der Waals surface area (Å²) < 4.78 is 10.5. The fourth-order valence-corrected chi connectivity index (χ4v) is 2.58. The minimum absolute atomic E-state index is 0.224. The van der Waals surface area contributed by atoms with Crippen LogP contribution in [0.1, 0.15) is 16.1 Å². The Morgan fingerprint density at radius 1 is 1.00 bits per heavy atom. The lowest BCUT2D eigenvalue weighted by Gasteiger charge is -2.10. The lowest BCUT2D eigenvalue weighted by Crippen LogP contribution is -2.24. The minimum Gasteiger partial charge on any atom is -0.493 e. The zero-order valence-corrected chi connectivity index (χ0v) is 16.2. The number of nitrogens with one attached hydrogen (secondary N) is 2. The summed E-state index contributed by atoms with van der Waals surface area (Å²) in [4.78, 5) is 20.7. The van der Waals surface area contributed by atoms with Crippen molar-refractivity contribution in [2.45, 2.75) is 6.54 Å². The van der Waals surface area contributed by atoms with Crippen LogP contribution < -0.4 is 20.1 Å². The van der Waals surface area contributed by atoms with Crippen LogP contribution in [0.5, 0.6) is 11.5 Å². The maximum absolute atomic E-state index is 12.3. The Morgan fingerprint density at radius 3 is 2.39 bits per heavy atom. The first-order valence-electron chi connectivity index (χ1n) is 8.43. The van der Waals surface area contributed by atoms with Crippen LogP contribution in [0.25, 0.3) is 0 Å². The van der Waals surface area contributed by atoms with Crippen LogP contribution in [0, 0.1) is 0 Å². The molecular weight excluding hydrogens is 380 g/mol. The molecule has 1 amide bonds. The third kappa shape index (κ3) is 4.89. The van der Waals surface area contributed by atoms with E-state index in [4.69, 9.17) is 21.1 Å². The molecule has 0 aliphatic carbocycles. The number of methoxy groups -OCH3 is 2. The molecule has 1 heterocycles. The molecule has 0 saturated heterocycles. The van der Waals surface area contributed by atoms with Crippen molar-refractivity contribution in [1.29, 1.82) is 0 Å². The summed E-state index contributed by atoms with van der Waals surface area (Å²) in [7, 11) is 3.14. The summed E-state index contributed by atoms with van der Waals surface area (Å²) in [5, 5.41) is 6.55. The fraction of sp³-hybridized carbons (Fsp3) is 0.150. The van der Waals surface area contributed by atoms with Gasteiger partial charge in [0.25, 0.3) is 5.91 Å². The second kappa shape index (κ2) is 9.05. The average Bonchev–Trinajstić information content (AvgIpc) is 2.74. The van der Waals surface area contributed by atoms with E-state index in [1.165, 1.54) is 12.4 Å². The number of hydrogen-bond donors (Lipinski definition) is 2. The second-order valence-corrected chi connectivity index (χ2v) is 6.23. The molecule has 0 fully saturated rings. The van der Waals surface area contributed by atoms with E-state index in [0.717, 1.165) is 11.3 Å². The highest BCUT2D eigenvalue weighted by Gasteiger charge is 2.10. The quantitative estimate of drug-likeness (QED) is 0.629. The minimum atomic E-state index is -0.319. The van der Waals surface area contributed by atoms with E-state index < -0.39 is 0 Å². The third-order valence-corrected chi connectivity index (χ3v) is 4.15. The Bertz CT molecular complexity index is 947. The van der Waals surface area contributed by atoms with Gasteiger partial charge < -0.3 is 20.1 Å². The zero-order chi connectivity index (χ0) is 19.9. The topological polar surface area (TPSA) is 85.4 Å². The van der Waals surface area contributed by atoms with E-state index in [1.54, 1.807) is 32.4 Å². The Balaban J connectivity index is 1.59. The van der Waals surface area contributed by atoms with E-state index in [-0.39, 0.29) is 11.6 Å². The highest BCUT2D eigenvalue weighted by molar-refractivity contribution is 6.30. The number of amides is 1. The van der Waals surface area contributed by atoms with Crippen molar-refractivity contribution in [2.24, 2.45) is 0 Å². The van der Waals surface area contributed by atoms with Crippen LogP contribution in [0.4, 0.5) is 11.5 Å². The number of benzene rings is 2. The Labute approximate surface area is 167 Å². The number of halogens is 1. The van der Waals surface area contributed by atoms with E-state index in [2.05, 4.69) is 20.6 Å². The van der Waals surface area contributed by atoms with Gasteiger partial charge in [-0.25, -0.2) is 9.97 Å². The van der Waals surface area contributed by atoms with E-state index in [9.17, 15) is 4.79 Å². The predicted octanol–water partition coefficient (Wildman–Crippen LogP) is 3.82. The summed E-state index contributed by atoms with van der Waals surface area (Å²) in [6.07, 6.45) is 2.92. The third-order valence-electron chi connectivity index (χ3n) is 3.90. The average molecular weight is 399 g/mol. The zero-order valence-electron chi connectivity index (χ0n) is 15.4. The first kappa shape index (κ1) is 19.4. The maximum Gasteiger partial charge on any atom is 0.271 e. The van der Waals surface area contributed by atoms with Gasteiger partial charge in [0.15, 0.2) is 11.5 Å². The molecule has 28 heavy (non-hydrogen) atoms. The molecule has 2 N–H and O–H groups in total. The molecule has 0 aliphatic heterocycles. The Kier molecular flexibility index (Phi) is 6.29. The van der Waals surface area contributed by atoms with Crippen molar-refractivity contribution in [1.82, 2.24) is 15.3 Å². The molecule has 0 bridgehead atoms. The number of rotatable bonds is 7. The molecule has 0 aliphatic rings.